The van der Waals surface area contributed by atoms with Gasteiger partial charge in [0.2, 0.25) is 0 Å². The van der Waals surface area contributed by atoms with E-state index in [4.69, 9.17) is 4.42 Å². The highest BCUT2D eigenvalue weighted by Gasteiger charge is 2.27. The van der Waals surface area contributed by atoms with Crippen molar-refractivity contribution in [2.75, 3.05) is 11.4 Å². The summed E-state index contributed by atoms with van der Waals surface area (Å²) in [6, 6.07) is 20.0. The van der Waals surface area contributed by atoms with Gasteiger partial charge in [-0.15, -0.1) is 0 Å². The highest BCUT2D eigenvalue weighted by Crippen LogP contribution is 2.33. The fraction of sp³-hybridized carbons (Fsp3) is 0.160. The average Bonchev–Trinajstić information content (AvgIpc) is 3.23. The Kier molecular flexibility index (Phi) is 5.17. The molecule has 1 amide bonds. The number of hydrogen-bond donors (Lipinski definition) is 1. The van der Waals surface area contributed by atoms with E-state index >= 15 is 0 Å². The van der Waals surface area contributed by atoms with Crippen LogP contribution in [0.2, 0.25) is 0 Å². The van der Waals surface area contributed by atoms with Crippen LogP contribution in [0.1, 0.15) is 23.9 Å². The van der Waals surface area contributed by atoms with Gasteiger partial charge in [0.25, 0.3) is 10.0 Å². The van der Waals surface area contributed by atoms with E-state index < -0.39 is 21.7 Å². The molecule has 4 aromatic rings. The fourth-order valence-corrected chi connectivity index (χ4v) is 5.23. The van der Waals surface area contributed by atoms with Gasteiger partial charge in [0.05, 0.1) is 10.3 Å². The Morgan fingerprint density at radius 1 is 1.06 bits per heavy atom. The van der Waals surface area contributed by atoms with Crippen LogP contribution in [0.25, 0.3) is 22.1 Å². The number of amides is 1. The molecule has 1 aromatic heterocycles. The standard InChI is InChI=1S/C25H21FN2O4S/c1-16-11-12-28(16)18-13-21(26)20-15-23(32-22(20)14-18)25(29)27-33(30,31)24-10-6-5-9-19(24)17-7-3-2-4-8-17/h2-10,13-16H,11-12H2,1H3,(H,27,29). The van der Waals surface area contributed by atoms with Crippen LogP contribution < -0.4 is 9.62 Å². The lowest BCUT2D eigenvalue weighted by atomic mass is 10.0. The van der Waals surface area contributed by atoms with Gasteiger partial charge in [-0.3, -0.25) is 4.79 Å². The van der Waals surface area contributed by atoms with Crippen molar-refractivity contribution in [2.45, 2.75) is 24.3 Å². The van der Waals surface area contributed by atoms with Crippen molar-refractivity contribution in [2.24, 2.45) is 0 Å². The lowest BCUT2D eigenvalue weighted by molar-refractivity contribution is 0.0956. The second-order valence-electron chi connectivity index (χ2n) is 8.08. The van der Waals surface area contributed by atoms with Gasteiger partial charge < -0.3 is 9.32 Å². The first-order valence-electron chi connectivity index (χ1n) is 10.5. The van der Waals surface area contributed by atoms with E-state index in [1.165, 1.54) is 18.2 Å². The number of anilines is 1. The van der Waals surface area contributed by atoms with E-state index in [-0.39, 0.29) is 21.6 Å². The summed E-state index contributed by atoms with van der Waals surface area (Å²) in [6.07, 6.45) is 1.02. The Morgan fingerprint density at radius 2 is 1.79 bits per heavy atom. The maximum absolute atomic E-state index is 14.7. The van der Waals surface area contributed by atoms with Crippen LogP contribution in [0.3, 0.4) is 0 Å². The lowest BCUT2D eigenvalue weighted by Gasteiger charge is -2.40. The number of furan rings is 1. The number of sulfonamides is 1. The maximum atomic E-state index is 14.7. The smallest absolute Gasteiger partial charge is 0.300 e. The molecular formula is C25H21FN2O4S. The minimum absolute atomic E-state index is 0.0408. The van der Waals surface area contributed by atoms with Gasteiger partial charge in [0, 0.05) is 36.0 Å². The van der Waals surface area contributed by atoms with Gasteiger partial charge in [-0.05, 0) is 31.0 Å². The van der Waals surface area contributed by atoms with Crippen molar-refractivity contribution < 1.29 is 22.0 Å². The molecule has 6 nitrogen and oxygen atoms in total. The molecule has 1 aliphatic rings. The van der Waals surface area contributed by atoms with Crippen molar-refractivity contribution in [3.05, 3.63) is 84.4 Å². The van der Waals surface area contributed by atoms with E-state index in [0.29, 0.717) is 22.9 Å². The molecule has 0 aliphatic carbocycles. The summed E-state index contributed by atoms with van der Waals surface area (Å²) in [5.74, 6) is -1.77. The Labute approximate surface area is 190 Å². The van der Waals surface area contributed by atoms with E-state index in [2.05, 4.69) is 4.72 Å². The van der Waals surface area contributed by atoms with Crippen LogP contribution in [0.15, 0.2) is 82.1 Å². The Balaban J connectivity index is 1.46. The zero-order chi connectivity index (χ0) is 23.2. The summed E-state index contributed by atoms with van der Waals surface area (Å²) >= 11 is 0. The van der Waals surface area contributed by atoms with Gasteiger partial charge in [0.1, 0.15) is 11.4 Å². The molecule has 0 bridgehead atoms. The van der Waals surface area contributed by atoms with Crippen LogP contribution in [-0.4, -0.2) is 26.9 Å². The molecular weight excluding hydrogens is 443 g/mol. The highest BCUT2D eigenvalue weighted by atomic mass is 32.2. The minimum atomic E-state index is -4.22. The van der Waals surface area contributed by atoms with Crippen molar-refractivity contribution >= 4 is 32.6 Å². The molecule has 0 radical (unpaired) electrons. The molecule has 1 fully saturated rings. The number of nitrogens with one attached hydrogen (secondary N) is 1. The van der Waals surface area contributed by atoms with Crippen LogP contribution in [0, 0.1) is 5.82 Å². The van der Waals surface area contributed by atoms with Crippen LogP contribution >= 0.6 is 0 Å². The van der Waals surface area contributed by atoms with E-state index in [1.54, 1.807) is 48.5 Å². The number of fused-ring (bicyclic) bond motifs is 1. The minimum Gasteiger partial charge on any atom is -0.451 e. The predicted molar refractivity (Wildman–Crippen MR) is 124 cm³/mol. The quantitative estimate of drug-likeness (QED) is 0.452. The number of halogens is 1. The molecule has 3 aromatic carbocycles. The largest absolute Gasteiger partial charge is 0.451 e. The Morgan fingerprint density at radius 3 is 2.48 bits per heavy atom. The number of benzene rings is 3. The third-order valence-electron chi connectivity index (χ3n) is 5.94. The molecule has 0 saturated carbocycles. The number of carbonyl (C=O) groups excluding carboxylic acids is 1. The summed E-state index contributed by atoms with van der Waals surface area (Å²) in [5.41, 5.74) is 2.02. The van der Waals surface area contributed by atoms with Crippen LogP contribution in [-0.2, 0) is 10.0 Å². The first kappa shape index (κ1) is 21.2. The molecule has 5 rings (SSSR count). The van der Waals surface area contributed by atoms with Crippen molar-refractivity contribution in [1.82, 2.24) is 4.72 Å². The molecule has 168 valence electrons. The third kappa shape index (κ3) is 3.87. The molecule has 1 N–H and O–H groups in total. The average molecular weight is 465 g/mol. The first-order valence-corrected chi connectivity index (χ1v) is 12.0. The molecule has 2 heterocycles. The van der Waals surface area contributed by atoms with Crippen LogP contribution in [0.5, 0.6) is 0 Å². The van der Waals surface area contributed by atoms with E-state index in [9.17, 15) is 17.6 Å². The van der Waals surface area contributed by atoms with Crippen LogP contribution in [0.4, 0.5) is 10.1 Å². The Bertz CT molecular complexity index is 1460. The summed E-state index contributed by atoms with van der Waals surface area (Å²) in [5, 5.41) is 0.124. The maximum Gasteiger partial charge on any atom is 0.300 e. The Hall–Kier alpha value is -3.65. The number of rotatable bonds is 5. The van der Waals surface area contributed by atoms with E-state index in [1.807, 2.05) is 17.9 Å². The topological polar surface area (TPSA) is 79.6 Å². The SMILES string of the molecule is CC1CCN1c1cc(F)c2cc(C(=O)NS(=O)(=O)c3ccccc3-c3ccccc3)oc2c1. The van der Waals surface area contributed by atoms with Gasteiger partial charge in [-0.25, -0.2) is 17.5 Å². The van der Waals surface area contributed by atoms with Crippen molar-refractivity contribution in [3.8, 4) is 11.1 Å². The third-order valence-corrected chi connectivity index (χ3v) is 7.32. The predicted octanol–water partition coefficient (Wildman–Crippen LogP) is 4.96. The number of hydrogen-bond acceptors (Lipinski definition) is 5. The van der Waals surface area contributed by atoms with E-state index in [0.717, 1.165) is 13.0 Å². The summed E-state index contributed by atoms with van der Waals surface area (Å²) in [7, 11) is -4.22. The summed E-state index contributed by atoms with van der Waals surface area (Å²) < 4.78 is 48.4. The molecule has 1 unspecified atom stereocenters. The second-order valence-corrected chi connectivity index (χ2v) is 9.73. The van der Waals surface area contributed by atoms with Gasteiger partial charge in [-0.2, -0.15) is 0 Å². The van der Waals surface area contributed by atoms with Gasteiger partial charge in [-0.1, -0.05) is 48.5 Å². The molecule has 1 atom stereocenters. The van der Waals surface area contributed by atoms with Gasteiger partial charge >= 0.3 is 5.91 Å². The molecule has 33 heavy (non-hydrogen) atoms. The fourth-order valence-electron chi connectivity index (χ4n) is 4.04. The zero-order valence-electron chi connectivity index (χ0n) is 17.8. The lowest BCUT2D eigenvalue weighted by Crippen LogP contribution is -2.45. The molecule has 1 aliphatic heterocycles. The summed E-state index contributed by atoms with van der Waals surface area (Å²) in [4.78, 5) is 14.8. The zero-order valence-corrected chi connectivity index (χ0v) is 18.6. The highest BCUT2D eigenvalue weighted by molar-refractivity contribution is 7.90. The summed E-state index contributed by atoms with van der Waals surface area (Å²) in [6.45, 7) is 2.87. The monoisotopic (exact) mass is 464 g/mol. The molecule has 1 saturated heterocycles. The van der Waals surface area contributed by atoms with Crippen molar-refractivity contribution in [1.29, 1.82) is 0 Å². The number of nitrogens with zero attached hydrogens (tertiary/aromatic N) is 1. The second kappa shape index (κ2) is 8.04. The number of carbonyl (C=O) groups is 1. The first-order chi connectivity index (χ1) is 15.8. The van der Waals surface area contributed by atoms with Gasteiger partial charge in [0.15, 0.2) is 5.76 Å². The van der Waals surface area contributed by atoms with Crippen molar-refractivity contribution in [3.63, 3.8) is 0 Å². The molecule has 0 spiro atoms. The molecule has 8 heteroatoms. The normalized spacial score (nSPS) is 15.9.